The minimum atomic E-state index is -0.0122. The van der Waals surface area contributed by atoms with Gasteiger partial charge in [-0.15, -0.1) is 11.3 Å². The Labute approximate surface area is 146 Å². The van der Waals surface area contributed by atoms with E-state index in [1.807, 2.05) is 41.5 Å². The lowest BCUT2D eigenvalue weighted by molar-refractivity contribution is 0.0726. The Kier molecular flexibility index (Phi) is 5.48. The van der Waals surface area contributed by atoms with E-state index < -0.39 is 0 Å². The van der Waals surface area contributed by atoms with E-state index in [9.17, 15) is 4.79 Å². The Morgan fingerprint density at radius 1 is 1.46 bits per heavy atom. The zero-order valence-electron chi connectivity index (χ0n) is 14.0. The summed E-state index contributed by atoms with van der Waals surface area (Å²) in [5, 5.41) is 2.63. The van der Waals surface area contributed by atoms with Crippen LogP contribution < -0.4 is 4.74 Å². The first-order valence-corrected chi connectivity index (χ1v) is 9.06. The molecule has 3 rings (SSSR count). The second kappa shape index (κ2) is 7.77. The molecule has 2 aromatic rings. The number of amides is 1. The first-order valence-electron chi connectivity index (χ1n) is 8.18. The van der Waals surface area contributed by atoms with Crippen LogP contribution in [0.4, 0.5) is 0 Å². The molecule has 1 aliphatic rings. The molecule has 0 bridgehead atoms. The fourth-order valence-corrected chi connectivity index (χ4v) is 3.70. The molecule has 1 saturated heterocycles. The van der Waals surface area contributed by atoms with Crippen molar-refractivity contribution in [3.63, 3.8) is 0 Å². The molecule has 0 aliphatic carbocycles. The molecule has 1 atom stereocenters. The lowest BCUT2D eigenvalue weighted by Gasteiger charge is -2.22. The van der Waals surface area contributed by atoms with Crippen LogP contribution >= 0.6 is 11.3 Å². The molecular formula is C18H22N2O3S. The van der Waals surface area contributed by atoms with Crippen molar-refractivity contribution in [1.29, 1.82) is 0 Å². The van der Waals surface area contributed by atoms with E-state index in [1.54, 1.807) is 7.11 Å². The molecule has 5 nitrogen and oxygen atoms in total. The number of hydrogen-bond donors (Lipinski definition) is 0. The normalized spacial score (nSPS) is 17.0. The Balaban J connectivity index is 1.77. The highest BCUT2D eigenvalue weighted by Crippen LogP contribution is 2.32. The van der Waals surface area contributed by atoms with Gasteiger partial charge < -0.3 is 14.4 Å². The molecule has 1 amide bonds. The summed E-state index contributed by atoms with van der Waals surface area (Å²) in [6.45, 7) is 4.95. The fraction of sp³-hybridized carbons (Fsp3) is 0.444. The number of benzene rings is 1. The monoisotopic (exact) mass is 346 g/mol. The van der Waals surface area contributed by atoms with E-state index >= 15 is 0 Å². The van der Waals surface area contributed by atoms with Gasteiger partial charge in [0.2, 0.25) is 0 Å². The van der Waals surface area contributed by atoms with Crippen molar-refractivity contribution >= 4 is 17.2 Å². The topological polar surface area (TPSA) is 51.7 Å². The van der Waals surface area contributed by atoms with Crippen LogP contribution in [0.15, 0.2) is 29.6 Å². The lowest BCUT2D eigenvalue weighted by Crippen LogP contribution is -2.35. The highest BCUT2D eigenvalue weighted by atomic mass is 32.1. The average Bonchev–Trinajstić information content (AvgIpc) is 3.30. The Morgan fingerprint density at radius 3 is 3.00 bits per heavy atom. The minimum absolute atomic E-state index is 0.0122. The number of rotatable bonds is 6. The molecule has 0 saturated carbocycles. The first kappa shape index (κ1) is 16.9. The number of para-hydroxylation sites is 1. The Morgan fingerprint density at radius 2 is 2.29 bits per heavy atom. The van der Waals surface area contributed by atoms with Crippen LogP contribution in [0, 0.1) is 5.92 Å². The van der Waals surface area contributed by atoms with Crippen LogP contribution in [-0.4, -0.2) is 49.2 Å². The number of methoxy groups -OCH3 is 1. The van der Waals surface area contributed by atoms with Gasteiger partial charge in [-0.2, -0.15) is 0 Å². The van der Waals surface area contributed by atoms with Crippen molar-refractivity contribution in [3.8, 4) is 16.3 Å². The molecule has 24 heavy (non-hydrogen) atoms. The van der Waals surface area contributed by atoms with Crippen LogP contribution in [0.2, 0.25) is 0 Å². The Hall–Kier alpha value is -1.92. The molecule has 0 unspecified atom stereocenters. The van der Waals surface area contributed by atoms with E-state index in [1.165, 1.54) is 11.3 Å². The number of thiazole rings is 1. The molecule has 1 fully saturated rings. The van der Waals surface area contributed by atoms with Crippen molar-refractivity contribution in [1.82, 2.24) is 9.88 Å². The highest BCUT2D eigenvalue weighted by molar-refractivity contribution is 7.13. The molecule has 1 aromatic heterocycles. The number of ether oxygens (including phenoxy) is 2. The molecule has 128 valence electrons. The predicted octanol–water partition coefficient (Wildman–Crippen LogP) is 3.32. The largest absolute Gasteiger partial charge is 0.496 e. The van der Waals surface area contributed by atoms with Gasteiger partial charge in [0.1, 0.15) is 16.5 Å². The first-order chi connectivity index (χ1) is 11.7. The van der Waals surface area contributed by atoms with Gasteiger partial charge >= 0.3 is 0 Å². The van der Waals surface area contributed by atoms with E-state index in [0.29, 0.717) is 18.2 Å². The van der Waals surface area contributed by atoms with Crippen LogP contribution in [0.25, 0.3) is 10.6 Å². The summed E-state index contributed by atoms with van der Waals surface area (Å²) in [6, 6.07) is 7.72. The molecule has 0 radical (unpaired) electrons. The molecular weight excluding hydrogens is 324 g/mol. The third kappa shape index (κ3) is 3.60. The number of nitrogens with zero attached hydrogens (tertiary/aromatic N) is 2. The van der Waals surface area contributed by atoms with Crippen LogP contribution in [-0.2, 0) is 4.74 Å². The third-order valence-corrected chi connectivity index (χ3v) is 5.11. The van der Waals surface area contributed by atoms with Gasteiger partial charge in [-0.25, -0.2) is 4.98 Å². The number of aromatic nitrogens is 1. The van der Waals surface area contributed by atoms with Crippen LogP contribution in [0.5, 0.6) is 5.75 Å². The van der Waals surface area contributed by atoms with E-state index in [2.05, 4.69) is 4.98 Å². The van der Waals surface area contributed by atoms with Crippen molar-refractivity contribution < 1.29 is 14.3 Å². The van der Waals surface area contributed by atoms with Gasteiger partial charge in [0.05, 0.1) is 19.3 Å². The minimum Gasteiger partial charge on any atom is -0.496 e. The molecule has 1 aliphatic heterocycles. The molecule has 1 aromatic carbocycles. The number of carbonyl (C=O) groups is 1. The maximum Gasteiger partial charge on any atom is 0.273 e. The summed E-state index contributed by atoms with van der Waals surface area (Å²) in [5.74, 6) is 1.18. The number of hydrogen-bond acceptors (Lipinski definition) is 5. The van der Waals surface area contributed by atoms with E-state index in [0.717, 1.165) is 42.5 Å². The predicted molar refractivity (Wildman–Crippen MR) is 94.6 cm³/mol. The van der Waals surface area contributed by atoms with Crippen LogP contribution in [0.3, 0.4) is 0 Å². The van der Waals surface area contributed by atoms with Gasteiger partial charge in [-0.1, -0.05) is 12.1 Å². The quantitative estimate of drug-likeness (QED) is 0.805. The maximum absolute atomic E-state index is 12.8. The van der Waals surface area contributed by atoms with Gasteiger partial charge in [-0.05, 0) is 25.5 Å². The average molecular weight is 346 g/mol. The zero-order chi connectivity index (χ0) is 16.9. The summed E-state index contributed by atoms with van der Waals surface area (Å²) in [4.78, 5) is 19.2. The van der Waals surface area contributed by atoms with Gasteiger partial charge in [-0.3, -0.25) is 4.79 Å². The van der Waals surface area contributed by atoms with Crippen molar-refractivity contribution in [2.75, 3.05) is 33.4 Å². The molecule has 6 heteroatoms. The van der Waals surface area contributed by atoms with Crippen molar-refractivity contribution in [3.05, 3.63) is 35.3 Å². The van der Waals surface area contributed by atoms with Gasteiger partial charge in [0.15, 0.2) is 0 Å². The van der Waals surface area contributed by atoms with Crippen molar-refractivity contribution in [2.24, 2.45) is 5.92 Å². The Bertz CT molecular complexity index is 695. The smallest absolute Gasteiger partial charge is 0.273 e. The summed E-state index contributed by atoms with van der Waals surface area (Å²) in [7, 11) is 1.64. The maximum atomic E-state index is 12.8. The number of carbonyl (C=O) groups excluding carboxylic acids is 1. The summed E-state index contributed by atoms with van der Waals surface area (Å²) < 4.78 is 10.8. The van der Waals surface area contributed by atoms with E-state index in [-0.39, 0.29) is 5.91 Å². The van der Waals surface area contributed by atoms with Gasteiger partial charge in [0, 0.05) is 31.0 Å². The third-order valence-electron chi connectivity index (χ3n) is 4.23. The summed E-state index contributed by atoms with van der Waals surface area (Å²) in [6.07, 6.45) is 1.02. The van der Waals surface area contributed by atoms with Crippen LogP contribution in [0.1, 0.15) is 23.8 Å². The highest BCUT2D eigenvalue weighted by Gasteiger charge is 2.24. The lowest BCUT2D eigenvalue weighted by atomic mass is 10.1. The van der Waals surface area contributed by atoms with Crippen molar-refractivity contribution in [2.45, 2.75) is 13.3 Å². The van der Waals surface area contributed by atoms with E-state index in [4.69, 9.17) is 9.47 Å². The molecule has 0 spiro atoms. The summed E-state index contributed by atoms with van der Waals surface area (Å²) in [5.41, 5.74) is 1.41. The standard InChI is InChI=1S/C18H22N2O3S/c1-3-20(10-13-8-9-23-11-13)18(21)15-12-24-17(19-15)14-6-4-5-7-16(14)22-2/h4-7,12-13H,3,8-11H2,1-2H3/t13-/m1/s1. The second-order valence-electron chi connectivity index (χ2n) is 5.81. The SMILES string of the molecule is CCN(C[C@H]1CCOC1)C(=O)c1csc(-c2ccccc2OC)n1. The van der Waals surface area contributed by atoms with Gasteiger partial charge in [0.25, 0.3) is 5.91 Å². The molecule has 0 N–H and O–H groups in total. The molecule has 2 heterocycles. The fourth-order valence-electron chi connectivity index (χ4n) is 2.87. The zero-order valence-corrected chi connectivity index (χ0v) is 14.8. The second-order valence-corrected chi connectivity index (χ2v) is 6.67. The summed E-state index contributed by atoms with van der Waals surface area (Å²) >= 11 is 1.47.